The van der Waals surface area contributed by atoms with Crippen LogP contribution in [0, 0.1) is 0 Å². The first kappa shape index (κ1) is 16.1. The molecule has 0 saturated carbocycles. The Balaban J connectivity index is 1.62. The number of para-hydroxylation sites is 1. The molecule has 0 unspecified atom stereocenters. The summed E-state index contributed by atoms with van der Waals surface area (Å²) in [6, 6.07) is 17.6. The molecule has 1 N–H and O–H groups in total. The van der Waals surface area contributed by atoms with Crippen molar-refractivity contribution in [2.75, 3.05) is 18.5 Å². The van der Waals surface area contributed by atoms with Crippen molar-refractivity contribution in [3.8, 4) is 17.0 Å². The lowest BCUT2D eigenvalue weighted by atomic mass is 10.1. The molecule has 0 aliphatic carbocycles. The number of carbonyl (C=O) groups excluding carboxylic acids is 1. The van der Waals surface area contributed by atoms with Crippen LogP contribution in [-0.4, -0.2) is 34.4 Å². The van der Waals surface area contributed by atoms with Crippen LogP contribution in [0.5, 0.6) is 5.75 Å². The van der Waals surface area contributed by atoms with Crippen LogP contribution in [0.4, 0.5) is 11.6 Å². The summed E-state index contributed by atoms with van der Waals surface area (Å²) in [5.41, 5.74) is 3.67. The lowest BCUT2D eigenvalue weighted by molar-refractivity contribution is -0.118. The van der Waals surface area contributed by atoms with Crippen LogP contribution in [0.1, 0.15) is 5.56 Å². The van der Waals surface area contributed by atoms with Crippen molar-refractivity contribution < 1.29 is 9.53 Å². The van der Waals surface area contributed by atoms with E-state index in [2.05, 4.69) is 15.3 Å². The SMILES string of the molecule is O=CN1CCOc2ccc(-c3ccnc(Nc4ccccc4)n3)cc2C1. The van der Waals surface area contributed by atoms with Crippen molar-refractivity contribution in [2.45, 2.75) is 6.54 Å². The smallest absolute Gasteiger partial charge is 0.227 e. The van der Waals surface area contributed by atoms with Gasteiger partial charge in [-0.3, -0.25) is 4.79 Å². The maximum atomic E-state index is 11.1. The molecule has 0 bridgehead atoms. The zero-order valence-electron chi connectivity index (χ0n) is 14.1. The monoisotopic (exact) mass is 346 g/mol. The Labute approximate surface area is 151 Å². The molecule has 2 aromatic carbocycles. The highest BCUT2D eigenvalue weighted by molar-refractivity contribution is 5.64. The highest BCUT2D eigenvalue weighted by Crippen LogP contribution is 2.28. The third-order valence-corrected chi connectivity index (χ3v) is 4.20. The van der Waals surface area contributed by atoms with E-state index in [1.807, 2.05) is 54.6 Å². The van der Waals surface area contributed by atoms with Crippen molar-refractivity contribution in [1.82, 2.24) is 14.9 Å². The molecule has 4 rings (SSSR count). The minimum absolute atomic E-state index is 0.504. The van der Waals surface area contributed by atoms with E-state index in [1.54, 1.807) is 11.1 Å². The molecule has 6 heteroatoms. The average Bonchev–Trinajstić information content (AvgIpc) is 2.90. The normalized spacial score (nSPS) is 13.3. The molecule has 0 fully saturated rings. The number of nitrogens with zero attached hydrogens (tertiary/aromatic N) is 3. The van der Waals surface area contributed by atoms with E-state index in [0.29, 0.717) is 25.6 Å². The first-order valence-corrected chi connectivity index (χ1v) is 8.42. The first-order valence-electron chi connectivity index (χ1n) is 8.42. The fraction of sp³-hybridized carbons (Fsp3) is 0.150. The summed E-state index contributed by atoms with van der Waals surface area (Å²) in [6.45, 7) is 1.63. The molecule has 1 aliphatic heterocycles. The third kappa shape index (κ3) is 3.49. The van der Waals surface area contributed by atoms with Crippen molar-refractivity contribution in [1.29, 1.82) is 0 Å². The number of fused-ring (bicyclic) bond motifs is 1. The minimum Gasteiger partial charge on any atom is -0.491 e. The summed E-state index contributed by atoms with van der Waals surface area (Å²) in [6.07, 6.45) is 2.59. The number of hydrogen-bond donors (Lipinski definition) is 1. The number of nitrogens with one attached hydrogen (secondary N) is 1. The number of hydrogen-bond acceptors (Lipinski definition) is 5. The van der Waals surface area contributed by atoms with Crippen molar-refractivity contribution in [3.63, 3.8) is 0 Å². The molecule has 6 nitrogen and oxygen atoms in total. The zero-order chi connectivity index (χ0) is 17.8. The molecule has 26 heavy (non-hydrogen) atoms. The second kappa shape index (κ2) is 7.23. The molecule has 1 amide bonds. The summed E-state index contributed by atoms with van der Waals surface area (Å²) in [5, 5.41) is 3.20. The lowest BCUT2D eigenvalue weighted by Gasteiger charge is -2.13. The fourth-order valence-corrected chi connectivity index (χ4v) is 2.89. The van der Waals surface area contributed by atoms with Crippen LogP contribution in [0.2, 0.25) is 0 Å². The van der Waals surface area contributed by atoms with Gasteiger partial charge in [0, 0.05) is 29.6 Å². The van der Waals surface area contributed by atoms with Crippen molar-refractivity contribution in [2.24, 2.45) is 0 Å². The second-order valence-corrected chi connectivity index (χ2v) is 6.00. The van der Waals surface area contributed by atoms with Crippen LogP contribution in [-0.2, 0) is 11.3 Å². The van der Waals surface area contributed by atoms with Gasteiger partial charge < -0.3 is 15.0 Å². The first-order chi connectivity index (χ1) is 12.8. The van der Waals surface area contributed by atoms with Crippen LogP contribution in [0.15, 0.2) is 60.8 Å². The van der Waals surface area contributed by atoms with E-state index >= 15 is 0 Å². The zero-order valence-corrected chi connectivity index (χ0v) is 14.1. The summed E-state index contributed by atoms with van der Waals surface area (Å²) in [5.74, 6) is 1.35. The Hall–Kier alpha value is -3.41. The molecule has 130 valence electrons. The quantitative estimate of drug-likeness (QED) is 0.735. The molecular formula is C20H18N4O2. The predicted octanol–water partition coefficient (Wildman–Crippen LogP) is 3.24. The van der Waals surface area contributed by atoms with Crippen LogP contribution < -0.4 is 10.1 Å². The number of rotatable bonds is 4. The number of carbonyl (C=O) groups is 1. The van der Waals surface area contributed by atoms with Crippen molar-refractivity contribution >= 4 is 18.0 Å². The largest absolute Gasteiger partial charge is 0.491 e. The maximum absolute atomic E-state index is 11.1. The molecule has 0 saturated heterocycles. The van der Waals surface area contributed by atoms with Crippen molar-refractivity contribution in [3.05, 3.63) is 66.4 Å². The van der Waals surface area contributed by atoms with Gasteiger partial charge in [0.2, 0.25) is 12.4 Å². The lowest BCUT2D eigenvalue weighted by Crippen LogP contribution is -2.23. The summed E-state index contributed by atoms with van der Waals surface area (Å²) >= 11 is 0. The number of amides is 1. The molecule has 1 aromatic heterocycles. The summed E-state index contributed by atoms with van der Waals surface area (Å²) < 4.78 is 5.73. The highest BCUT2D eigenvalue weighted by atomic mass is 16.5. The summed E-state index contributed by atoms with van der Waals surface area (Å²) in [7, 11) is 0. The van der Waals surface area contributed by atoms with Gasteiger partial charge in [-0.25, -0.2) is 9.97 Å². The van der Waals surface area contributed by atoms with E-state index in [1.165, 1.54) is 0 Å². The number of benzene rings is 2. The predicted molar refractivity (Wildman–Crippen MR) is 99.2 cm³/mol. The topological polar surface area (TPSA) is 67.4 Å². The van der Waals surface area contributed by atoms with Gasteiger partial charge in [-0.05, 0) is 36.4 Å². The van der Waals surface area contributed by atoms with Gasteiger partial charge in [-0.2, -0.15) is 0 Å². The number of anilines is 2. The summed E-state index contributed by atoms with van der Waals surface area (Å²) in [4.78, 5) is 21.7. The average molecular weight is 346 g/mol. The van der Waals surface area contributed by atoms with Gasteiger partial charge in [0.15, 0.2) is 0 Å². The van der Waals surface area contributed by atoms with E-state index in [0.717, 1.165) is 34.7 Å². The maximum Gasteiger partial charge on any atom is 0.227 e. The Morgan fingerprint density at radius 2 is 2.00 bits per heavy atom. The van der Waals surface area contributed by atoms with E-state index < -0.39 is 0 Å². The van der Waals surface area contributed by atoms with Crippen LogP contribution in [0.3, 0.4) is 0 Å². The second-order valence-electron chi connectivity index (χ2n) is 6.00. The Bertz CT molecular complexity index is 915. The van der Waals surface area contributed by atoms with Gasteiger partial charge in [0.05, 0.1) is 12.2 Å². The molecule has 2 heterocycles. The highest BCUT2D eigenvalue weighted by Gasteiger charge is 2.15. The molecule has 0 atom stereocenters. The van der Waals surface area contributed by atoms with E-state index in [4.69, 9.17) is 4.74 Å². The van der Waals surface area contributed by atoms with Gasteiger partial charge in [0.25, 0.3) is 0 Å². The fourth-order valence-electron chi connectivity index (χ4n) is 2.89. The molecular weight excluding hydrogens is 328 g/mol. The van der Waals surface area contributed by atoms with Gasteiger partial charge in [-0.15, -0.1) is 0 Å². The van der Waals surface area contributed by atoms with Gasteiger partial charge >= 0.3 is 0 Å². The number of ether oxygens (including phenoxy) is 1. The standard InChI is InChI=1S/C20H18N4O2/c25-14-24-10-11-26-19-7-6-15(12-16(19)13-24)18-8-9-21-20(23-18)22-17-4-2-1-3-5-17/h1-9,12,14H,10-11,13H2,(H,21,22,23). The molecule has 0 radical (unpaired) electrons. The van der Waals surface area contributed by atoms with E-state index in [-0.39, 0.29) is 0 Å². The van der Waals surface area contributed by atoms with Crippen LogP contribution >= 0.6 is 0 Å². The van der Waals surface area contributed by atoms with E-state index in [9.17, 15) is 4.79 Å². The Kier molecular flexibility index (Phi) is 4.47. The van der Waals surface area contributed by atoms with Crippen LogP contribution in [0.25, 0.3) is 11.3 Å². The number of aromatic nitrogens is 2. The third-order valence-electron chi connectivity index (χ3n) is 4.20. The van der Waals surface area contributed by atoms with Gasteiger partial charge in [0.1, 0.15) is 12.4 Å². The minimum atomic E-state index is 0.504. The molecule has 1 aliphatic rings. The Morgan fingerprint density at radius 1 is 1.12 bits per heavy atom. The Morgan fingerprint density at radius 3 is 2.85 bits per heavy atom. The molecule has 3 aromatic rings. The van der Waals surface area contributed by atoms with Gasteiger partial charge in [-0.1, -0.05) is 18.2 Å². The molecule has 0 spiro atoms.